The number of carbonyl (C=O) groups is 1. The minimum atomic E-state index is 0.0540. The summed E-state index contributed by atoms with van der Waals surface area (Å²) >= 11 is 1.67. The minimum absolute atomic E-state index is 0.0540. The molecular formula is C15H20N2OS. The molecule has 1 unspecified atom stereocenters. The summed E-state index contributed by atoms with van der Waals surface area (Å²) in [6.07, 6.45) is 3.16. The number of benzene rings is 1. The number of nitrogens with zero attached hydrogens (tertiary/aromatic N) is 1. The fraction of sp³-hybridized carbons (Fsp3) is 0.533. The van der Waals surface area contributed by atoms with Gasteiger partial charge >= 0.3 is 0 Å². The molecule has 2 heterocycles. The molecule has 1 atom stereocenters. The molecule has 0 spiro atoms. The van der Waals surface area contributed by atoms with Crippen molar-refractivity contribution in [1.29, 1.82) is 0 Å². The number of hydrogen-bond donors (Lipinski definition) is 1. The summed E-state index contributed by atoms with van der Waals surface area (Å²) in [5, 5.41) is 0. The van der Waals surface area contributed by atoms with Crippen LogP contribution in [0.5, 0.6) is 0 Å². The molecule has 0 saturated carbocycles. The number of piperidine rings is 1. The molecule has 4 heteroatoms. The van der Waals surface area contributed by atoms with E-state index in [1.165, 1.54) is 5.56 Å². The third-order valence-electron chi connectivity index (χ3n) is 4.11. The molecule has 102 valence electrons. The number of carbonyl (C=O) groups excluding carboxylic acids is 1. The van der Waals surface area contributed by atoms with E-state index in [1.54, 1.807) is 11.9 Å². The zero-order chi connectivity index (χ0) is 13.1. The van der Waals surface area contributed by atoms with Crippen molar-refractivity contribution in [2.45, 2.75) is 31.2 Å². The van der Waals surface area contributed by atoms with E-state index in [4.69, 9.17) is 0 Å². The summed E-state index contributed by atoms with van der Waals surface area (Å²) in [4.78, 5) is 14.3. The van der Waals surface area contributed by atoms with Gasteiger partial charge in [0.2, 0.25) is 5.91 Å². The van der Waals surface area contributed by atoms with Gasteiger partial charge < -0.3 is 4.90 Å². The maximum Gasteiger partial charge on any atom is 0.240 e. The lowest BCUT2D eigenvalue weighted by atomic mass is 9.89. The fourth-order valence-corrected chi connectivity index (χ4v) is 3.84. The first-order valence-corrected chi connectivity index (χ1v) is 8.04. The molecule has 0 bridgehead atoms. The van der Waals surface area contributed by atoms with E-state index >= 15 is 0 Å². The summed E-state index contributed by atoms with van der Waals surface area (Å²) in [6, 6.07) is 10.7. The smallest absolute Gasteiger partial charge is 0.240 e. The molecule has 3 nitrogen and oxygen atoms in total. The van der Waals surface area contributed by atoms with Gasteiger partial charge in [-0.2, -0.15) is 0 Å². The van der Waals surface area contributed by atoms with E-state index in [2.05, 4.69) is 35.1 Å². The number of likely N-dealkylation sites (tertiary alicyclic amines) is 1. The Bertz CT molecular complexity index is 423. The average molecular weight is 276 g/mol. The van der Waals surface area contributed by atoms with Crippen LogP contribution in [0.2, 0.25) is 0 Å². The molecule has 0 radical (unpaired) electrons. The van der Waals surface area contributed by atoms with Gasteiger partial charge in [0.05, 0.1) is 6.04 Å². The van der Waals surface area contributed by atoms with E-state index in [0.717, 1.165) is 38.1 Å². The number of rotatable bonds is 2. The highest BCUT2D eigenvalue weighted by Gasteiger charge is 2.30. The summed E-state index contributed by atoms with van der Waals surface area (Å²) in [6.45, 7) is 1.81. The zero-order valence-corrected chi connectivity index (χ0v) is 11.9. The van der Waals surface area contributed by atoms with E-state index in [0.29, 0.717) is 11.8 Å². The summed E-state index contributed by atoms with van der Waals surface area (Å²) in [5.74, 6) is 1.98. The highest BCUT2D eigenvalue weighted by Crippen LogP contribution is 2.28. The minimum Gasteiger partial charge on any atom is -0.341 e. The predicted octanol–water partition coefficient (Wildman–Crippen LogP) is 2.40. The maximum atomic E-state index is 12.3. The monoisotopic (exact) mass is 276 g/mol. The van der Waals surface area contributed by atoms with Gasteiger partial charge in [-0.15, -0.1) is 0 Å². The van der Waals surface area contributed by atoms with Crippen molar-refractivity contribution >= 4 is 17.9 Å². The highest BCUT2D eigenvalue weighted by atomic mass is 32.2. The average Bonchev–Trinajstić information content (AvgIpc) is 3.02. The molecule has 3 rings (SSSR count). The Morgan fingerprint density at radius 2 is 1.89 bits per heavy atom. The quantitative estimate of drug-likeness (QED) is 0.842. The lowest BCUT2D eigenvalue weighted by molar-refractivity contribution is -0.133. The standard InChI is InChI=1S/C15H20N2OS/c18-15(14-8-11-19-16-14)17-9-6-13(7-10-17)12-4-2-1-3-5-12/h1-5,13-14,16H,6-11H2. The second kappa shape index (κ2) is 5.97. The van der Waals surface area contributed by atoms with Crippen molar-refractivity contribution in [3.05, 3.63) is 35.9 Å². The Morgan fingerprint density at radius 3 is 2.53 bits per heavy atom. The lowest BCUT2D eigenvalue weighted by Crippen LogP contribution is -2.45. The number of hydrogen-bond acceptors (Lipinski definition) is 3. The summed E-state index contributed by atoms with van der Waals surface area (Å²) in [7, 11) is 0. The van der Waals surface area contributed by atoms with Crippen LogP contribution >= 0.6 is 11.9 Å². The normalized spacial score (nSPS) is 24.6. The fourth-order valence-electron chi connectivity index (χ4n) is 2.95. The van der Waals surface area contributed by atoms with Crippen LogP contribution in [0.25, 0.3) is 0 Å². The summed E-state index contributed by atoms with van der Waals surface area (Å²) < 4.78 is 3.22. The number of amides is 1. The Kier molecular flexibility index (Phi) is 4.09. The van der Waals surface area contributed by atoms with Crippen molar-refractivity contribution in [3.8, 4) is 0 Å². The number of nitrogens with one attached hydrogen (secondary N) is 1. The Labute approximate surface area is 118 Å². The van der Waals surface area contributed by atoms with E-state index in [1.807, 2.05) is 4.90 Å². The second-order valence-corrected chi connectivity index (χ2v) is 6.25. The maximum absolute atomic E-state index is 12.3. The molecule has 2 aliphatic rings. The van der Waals surface area contributed by atoms with Crippen LogP contribution in [0.3, 0.4) is 0 Å². The highest BCUT2D eigenvalue weighted by molar-refractivity contribution is 7.97. The Hall–Kier alpha value is -1.00. The zero-order valence-electron chi connectivity index (χ0n) is 11.0. The molecule has 19 heavy (non-hydrogen) atoms. The van der Waals surface area contributed by atoms with E-state index in [9.17, 15) is 4.79 Å². The van der Waals surface area contributed by atoms with Crippen molar-refractivity contribution < 1.29 is 4.79 Å². The topological polar surface area (TPSA) is 32.3 Å². The van der Waals surface area contributed by atoms with Crippen LogP contribution in [-0.4, -0.2) is 35.7 Å². The second-order valence-electron chi connectivity index (χ2n) is 5.32. The van der Waals surface area contributed by atoms with Crippen molar-refractivity contribution in [3.63, 3.8) is 0 Å². The molecule has 2 fully saturated rings. The van der Waals surface area contributed by atoms with E-state index in [-0.39, 0.29) is 6.04 Å². The third-order valence-corrected chi connectivity index (χ3v) is 5.00. The van der Waals surface area contributed by atoms with Crippen molar-refractivity contribution in [1.82, 2.24) is 9.62 Å². The molecule has 2 aliphatic heterocycles. The first-order valence-electron chi connectivity index (χ1n) is 7.05. The van der Waals surface area contributed by atoms with Gasteiger partial charge in [0.25, 0.3) is 0 Å². The van der Waals surface area contributed by atoms with Crippen LogP contribution in [0.15, 0.2) is 30.3 Å². The lowest BCUT2D eigenvalue weighted by Gasteiger charge is -2.33. The Morgan fingerprint density at radius 1 is 1.16 bits per heavy atom. The van der Waals surface area contributed by atoms with Gasteiger partial charge in [0, 0.05) is 18.8 Å². The van der Waals surface area contributed by atoms with Crippen LogP contribution in [0, 0.1) is 0 Å². The van der Waals surface area contributed by atoms with Gasteiger partial charge in [0.15, 0.2) is 0 Å². The largest absolute Gasteiger partial charge is 0.341 e. The van der Waals surface area contributed by atoms with Crippen LogP contribution in [-0.2, 0) is 4.79 Å². The van der Waals surface area contributed by atoms with Gasteiger partial charge in [-0.05, 0) is 30.7 Å². The first kappa shape index (κ1) is 13.0. The van der Waals surface area contributed by atoms with Crippen LogP contribution in [0.1, 0.15) is 30.7 Å². The third kappa shape index (κ3) is 2.95. The predicted molar refractivity (Wildman–Crippen MR) is 79.0 cm³/mol. The summed E-state index contributed by atoms with van der Waals surface area (Å²) in [5.41, 5.74) is 1.42. The molecule has 1 amide bonds. The van der Waals surface area contributed by atoms with E-state index < -0.39 is 0 Å². The first-order chi connectivity index (χ1) is 9.34. The molecule has 1 aromatic carbocycles. The SMILES string of the molecule is O=C(C1CCSN1)N1CCC(c2ccccc2)CC1. The van der Waals surface area contributed by atoms with Gasteiger partial charge in [-0.1, -0.05) is 42.3 Å². The van der Waals surface area contributed by atoms with Crippen molar-refractivity contribution in [2.75, 3.05) is 18.8 Å². The van der Waals surface area contributed by atoms with Crippen molar-refractivity contribution in [2.24, 2.45) is 0 Å². The molecule has 0 aromatic heterocycles. The molecule has 1 N–H and O–H groups in total. The molecule has 1 aromatic rings. The molecule has 0 aliphatic carbocycles. The van der Waals surface area contributed by atoms with Gasteiger partial charge in [-0.25, -0.2) is 0 Å². The van der Waals surface area contributed by atoms with Crippen LogP contribution < -0.4 is 4.72 Å². The van der Waals surface area contributed by atoms with Crippen LogP contribution in [0.4, 0.5) is 0 Å². The van der Waals surface area contributed by atoms with Gasteiger partial charge in [-0.3, -0.25) is 9.52 Å². The van der Waals surface area contributed by atoms with Gasteiger partial charge in [0.1, 0.15) is 0 Å². The molecule has 2 saturated heterocycles. The Balaban J connectivity index is 1.56. The molecular weight excluding hydrogens is 256 g/mol.